The van der Waals surface area contributed by atoms with Crippen molar-refractivity contribution in [2.45, 2.75) is 13.0 Å². The Labute approximate surface area is 272 Å². The molecule has 4 heterocycles. The minimum Gasteiger partial charge on any atom is -0.493 e. The molecule has 0 saturated carbocycles. The second-order valence-corrected chi connectivity index (χ2v) is 11.7. The van der Waals surface area contributed by atoms with Crippen LogP contribution in [0.1, 0.15) is 22.9 Å². The summed E-state index contributed by atoms with van der Waals surface area (Å²) >= 11 is 0. The number of hydrogen-bond acceptors (Lipinski definition) is 8. The number of aliphatic imine (C=N–C) groups is 2. The van der Waals surface area contributed by atoms with E-state index in [4.69, 9.17) is 24.6 Å². The third kappa shape index (κ3) is 4.79. The summed E-state index contributed by atoms with van der Waals surface area (Å²) in [5.41, 5.74) is 6.55. The lowest BCUT2D eigenvalue weighted by molar-refractivity contribution is 0.350. The second kappa shape index (κ2) is 11.6. The average molecular weight is 628 g/mol. The van der Waals surface area contributed by atoms with Crippen LogP contribution in [0.2, 0.25) is 0 Å². The van der Waals surface area contributed by atoms with E-state index < -0.39 is 0 Å². The highest BCUT2D eigenvalue weighted by Crippen LogP contribution is 2.51. The van der Waals surface area contributed by atoms with Crippen LogP contribution < -0.4 is 19.3 Å². The Balaban J connectivity index is 1.31. The summed E-state index contributed by atoms with van der Waals surface area (Å²) in [6.45, 7) is 5.01. The largest absolute Gasteiger partial charge is 0.493 e. The normalized spacial score (nSPS) is 16.9. The average Bonchev–Trinajstić information content (AvgIpc) is 3.46. The number of aromatic nitrogens is 2. The summed E-state index contributed by atoms with van der Waals surface area (Å²) in [6.07, 6.45) is 0. The van der Waals surface area contributed by atoms with Crippen LogP contribution in [-0.2, 0) is 0 Å². The first kappa shape index (κ1) is 28.8. The number of hydrogen-bond donors (Lipinski definition) is 0. The van der Waals surface area contributed by atoms with Crippen molar-refractivity contribution in [1.29, 1.82) is 0 Å². The first-order valence-electron chi connectivity index (χ1n) is 15.7. The molecule has 47 heavy (non-hydrogen) atoms. The molecule has 0 bridgehead atoms. The van der Waals surface area contributed by atoms with E-state index in [0.29, 0.717) is 11.5 Å². The summed E-state index contributed by atoms with van der Waals surface area (Å²) in [4.78, 5) is 17.6. The fraction of sp³-hybridized carbons (Fsp3) is 0.216. The van der Waals surface area contributed by atoms with Gasteiger partial charge in [0.05, 0.1) is 43.0 Å². The van der Waals surface area contributed by atoms with Crippen LogP contribution in [0.5, 0.6) is 11.5 Å². The number of methoxy groups -OCH3 is 2. The number of amidine groups is 2. The number of piperazine rings is 1. The molecule has 236 valence electrons. The molecule has 3 aliphatic rings. The smallest absolute Gasteiger partial charge is 0.179 e. The van der Waals surface area contributed by atoms with E-state index in [2.05, 4.69) is 32.9 Å². The Morgan fingerprint density at radius 2 is 1.43 bits per heavy atom. The maximum absolute atomic E-state index is 13.6. The summed E-state index contributed by atoms with van der Waals surface area (Å²) in [6, 6.07) is 30.7. The van der Waals surface area contributed by atoms with Gasteiger partial charge in [0.1, 0.15) is 5.82 Å². The highest BCUT2D eigenvalue weighted by molar-refractivity contribution is 6.48. The zero-order valence-corrected chi connectivity index (χ0v) is 26.5. The van der Waals surface area contributed by atoms with E-state index in [1.807, 2.05) is 78.3 Å². The van der Waals surface area contributed by atoms with E-state index in [1.165, 1.54) is 12.1 Å². The van der Waals surface area contributed by atoms with Crippen LogP contribution in [0.3, 0.4) is 0 Å². The number of rotatable bonds is 5. The van der Waals surface area contributed by atoms with Gasteiger partial charge in [0, 0.05) is 43.0 Å². The number of anilines is 2. The van der Waals surface area contributed by atoms with E-state index in [0.717, 1.165) is 83.2 Å². The van der Waals surface area contributed by atoms with Crippen molar-refractivity contribution in [1.82, 2.24) is 14.7 Å². The third-order valence-electron chi connectivity index (χ3n) is 9.12. The van der Waals surface area contributed by atoms with Gasteiger partial charge in [0.25, 0.3) is 0 Å². The maximum Gasteiger partial charge on any atom is 0.179 e. The lowest BCUT2D eigenvalue weighted by atomic mass is 9.92. The molecule has 0 aliphatic carbocycles. The molecule has 1 atom stereocenters. The van der Waals surface area contributed by atoms with Gasteiger partial charge in [0.2, 0.25) is 0 Å². The van der Waals surface area contributed by atoms with E-state index in [-0.39, 0.29) is 11.9 Å². The van der Waals surface area contributed by atoms with Crippen LogP contribution >= 0.6 is 0 Å². The van der Waals surface area contributed by atoms with Crippen molar-refractivity contribution in [3.63, 3.8) is 0 Å². The number of benzene rings is 4. The van der Waals surface area contributed by atoms with Crippen LogP contribution in [0, 0.1) is 12.7 Å². The van der Waals surface area contributed by atoms with Crippen LogP contribution in [0.25, 0.3) is 5.69 Å². The van der Waals surface area contributed by atoms with Gasteiger partial charge in [-0.2, -0.15) is 5.10 Å². The number of ether oxygens (including phenoxy) is 2. The Morgan fingerprint density at radius 1 is 0.702 bits per heavy atom. The predicted molar refractivity (Wildman–Crippen MR) is 183 cm³/mol. The van der Waals surface area contributed by atoms with Crippen molar-refractivity contribution in [3.8, 4) is 17.2 Å². The molecule has 0 spiro atoms. The lowest BCUT2D eigenvalue weighted by Gasteiger charge is -2.44. The summed E-state index contributed by atoms with van der Waals surface area (Å²) < 4.78 is 27.4. The topological polar surface area (TPSA) is 70.7 Å². The minimum absolute atomic E-state index is 0.232. The fourth-order valence-corrected chi connectivity index (χ4v) is 6.91. The van der Waals surface area contributed by atoms with Gasteiger partial charge in [-0.15, -0.1) is 0 Å². The predicted octanol–water partition coefficient (Wildman–Crippen LogP) is 6.84. The van der Waals surface area contributed by atoms with Crippen molar-refractivity contribution in [2.75, 3.05) is 50.2 Å². The Bertz CT molecular complexity index is 2010. The van der Waals surface area contributed by atoms with Gasteiger partial charge >= 0.3 is 0 Å². The van der Waals surface area contributed by atoms with E-state index >= 15 is 0 Å². The monoisotopic (exact) mass is 627 g/mol. The van der Waals surface area contributed by atoms with Gasteiger partial charge < -0.3 is 24.2 Å². The number of aryl methyl sites for hydroxylation is 1. The molecular formula is C37H34FN7O2. The van der Waals surface area contributed by atoms with E-state index in [9.17, 15) is 4.39 Å². The quantitative estimate of drug-likeness (QED) is 0.213. The van der Waals surface area contributed by atoms with E-state index in [1.54, 1.807) is 14.2 Å². The molecule has 0 amide bonds. The highest BCUT2D eigenvalue weighted by atomic mass is 19.1. The molecule has 10 heteroatoms. The van der Waals surface area contributed by atoms with Gasteiger partial charge in [-0.1, -0.05) is 42.5 Å². The summed E-state index contributed by atoms with van der Waals surface area (Å²) in [5, 5.41) is 5.06. The van der Waals surface area contributed by atoms with Gasteiger partial charge in [-0.25, -0.2) is 19.1 Å². The van der Waals surface area contributed by atoms with Gasteiger partial charge in [-0.3, -0.25) is 0 Å². The molecule has 4 aromatic carbocycles. The molecule has 3 aliphatic heterocycles. The Hall–Kier alpha value is -5.64. The lowest BCUT2D eigenvalue weighted by Crippen LogP contribution is -2.55. The molecule has 9 nitrogen and oxygen atoms in total. The highest BCUT2D eigenvalue weighted by Gasteiger charge is 2.44. The van der Waals surface area contributed by atoms with Crippen LogP contribution in [-0.4, -0.2) is 66.8 Å². The zero-order valence-electron chi connectivity index (χ0n) is 26.5. The number of nitrogens with zero attached hydrogens (tertiary/aromatic N) is 7. The molecular weight excluding hydrogens is 593 g/mol. The van der Waals surface area contributed by atoms with Crippen molar-refractivity contribution < 1.29 is 13.9 Å². The van der Waals surface area contributed by atoms with Crippen LogP contribution in [0.4, 0.5) is 27.3 Å². The Kier molecular flexibility index (Phi) is 7.12. The van der Waals surface area contributed by atoms with Gasteiger partial charge in [-0.05, 0) is 61.5 Å². The first-order valence-corrected chi connectivity index (χ1v) is 15.7. The SMILES string of the molecule is COc1cccc([C@H]2c3c(C)nn(-c4ccccc4)c3N=C3C(N4CCN(c5ccc(F)cc5)CC4)=Nc4ccccc4N32)c1OC. The molecule has 1 aromatic heterocycles. The standard InChI is InChI=1S/C37H34FN7O2/c1-24-32-33(28-12-9-15-31(46-2)34(28)47-3)44-30-14-8-7-13-29(30)39-36(37(44)40-35(32)45(41-24)27-10-5-4-6-11-27)43-22-20-42(21-23-43)26-18-16-25(38)17-19-26/h4-19,33H,20-23H2,1-3H3/t33-/m0/s1. The van der Waals surface area contributed by atoms with Crippen molar-refractivity contribution in [3.05, 3.63) is 120 Å². The number of halogens is 1. The summed E-state index contributed by atoms with van der Waals surface area (Å²) in [5.74, 6) is 3.39. The van der Waals surface area contributed by atoms with Gasteiger partial charge in [0.15, 0.2) is 29.0 Å². The number of fused-ring (bicyclic) bond motifs is 4. The minimum atomic E-state index is -0.341. The fourth-order valence-electron chi connectivity index (χ4n) is 6.91. The van der Waals surface area contributed by atoms with Crippen molar-refractivity contribution >= 4 is 34.6 Å². The third-order valence-corrected chi connectivity index (χ3v) is 9.12. The first-order chi connectivity index (χ1) is 23.1. The molecule has 0 unspecified atom stereocenters. The molecule has 0 N–H and O–H groups in total. The summed E-state index contributed by atoms with van der Waals surface area (Å²) in [7, 11) is 3.34. The zero-order chi connectivity index (χ0) is 32.1. The molecule has 8 rings (SSSR count). The molecule has 5 aromatic rings. The Morgan fingerprint density at radius 3 is 2.17 bits per heavy atom. The molecule has 1 fully saturated rings. The second-order valence-electron chi connectivity index (χ2n) is 11.7. The molecule has 1 saturated heterocycles. The maximum atomic E-state index is 13.6. The van der Waals surface area contributed by atoms with Crippen molar-refractivity contribution in [2.24, 2.45) is 9.98 Å². The number of para-hydroxylation sites is 4. The molecule has 0 radical (unpaired) electrons. The van der Waals surface area contributed by atoms with Crippen LogP contribution in [0.15, 0.2) is 107 Å².